The number of anilines is 1. The van der Waals surface area contributed by atoms with Gasteiger partial charge in [0.2, 0.25) is 0 Å². The van der Waals surface area contributed by atoms with Crippen LogP contribution in [0.25, 0.3) is 0 Å². The van der Waals surface area contributed by atoms with Crippen LogP contribution in [-0.2, 0) is 6.54 Å². The van der Waals surface area contributed by atoms with E-state index in [-0.39, 0.29) is 10.5 Å². The van der Waals surface area contributed by atoms with Gasteiger partial charge in [0.1, 0.15) is 11.0 Å². The third-order valence-electron chi connectivity index (χ3n) is 3.03. The molecule has 1 N–H and O–H groups in total. The van der Waals surface area contributed by atoms with Crippen molar-refractivity contribution in [2.45, 2.75) is 44.4 Å². The molecule has 0 amide bonds. The molecule has 1 aliphatic rings. The van der Waals surface area contributed by atoms with Gasteiger partial charge in [-0.05, 0) is 28.8 Å². The van der Waals surface area contributed by atoms with E-state index < -0.39 is 18.3 Å². The zero-order valence-electron chi connectivity index (χ0n) is 10.0. The van der Waals surface area contributed by atoms with Gasteiger partial charge in [-0.1, -0.05) is 12.8 Å². The summed E-state index contributed by atoms with van der Waals surface area (Å²) < 4.78 is 37.3. The molecule has 0 atom stereocenters. The van der Waals surface area contributed by atoms with Crippen molar-refractivity contribution < 1.29 is 13.2 Å². The van der Waals surface area contributed by atoms with Gasteiger partial charge in [0.05, 0.1) is 11.9 Å². The van der Waals surface area contributed by atoms with Gasteiger partial charge in [0, 0.05) is 6.04 Å². The molecule has 0 saturated heterocycles. The fourth-order valence-electron chi connectivity index (χ4n) is 2.14. The first-order valence-corrected chi connectivity index (χ1v) is 6.75. The molecule has 0 aromatic carbocycles. The molecule has 0 aliphatic heterocycles. The van der Waals surface area contributed by atoms with Gasteiger partial charge in [-0.2, -0.15) is 18.3 Å². The van der Waals surface area contributed by atoms with E-state index >= 15 is 0 Å². The molecule has 1 aromatic heterocycles. The molecule has 0 bridgehead atoms. The zero-order valence-corrected chi connectivity index (χ0v) is 11.6. The maximum atomic E-state index is 12.3. The van der Waals surface area contributed by atoms with E-state index in [2.05, 4.69) is 26.3 Å². The van der Waals surface area contributed by atoms with Gasteiger partial charge in [-0.15, -0.1) is 0 Å². The number of rotatable bonds is 3. The maximum absolute atomic E-state index is 12.3. The van der Waals surface area contributed by atoms with Crippen molar-refractivity contribution in [2.75, 3.05) is 5.32 Å². The predicted octanol–water partition coefficient (Wildman–Crippen LogP) is 2.92. The second kappa shape index (κ2) is 5.52. The lowest BCUT2D eigenvalue weighted by Gasteiger charge is -2.15. The van der Waals surface area contributed by atoms with E-state index in [0.717, 1.165) is 25.7 Å². The van der Waals surface area contributed by atoms with Gasteiger partial charge < -0.3 is 5.32 Å². The van der Waals surface area contributed by atoms with Crippen LogP contribution in [0.3, 0.4) is 0 Å². The molecular formula is C11H13BrF3N3O. The van der Waals surface area contributed by atoms with Crippen LogP contribution in [0.15, 0.2) is 15.5 Å². The summed E-state index contributed by atoms with van der Waals surface area (Å²) in [6, 6.07) is 0.260. The Morgan fingerprint density at radius 1 is 1.42 bits per heavy atom. The molecule has 2 rings (SSSR count). The Morgan fingerprint density at radius 3 is 2.63 bits per heavy atom. The summed E-state index contributed by atoms with van der Waals surface area (Å²) in [5.74, 6) is 0. The first kappa shape index (κ1) is 14.4. The average molecular weight is 340 g/mol. The highest BCUT2D eigenvalue weighted by atomic mass is 79.9. The van der Waals surface area contributed by atoms with Crippen LogP contribution in [0.2, 0.25) is 0 Å². The Labute approximate surface area is 116 Å². The molecule has 0 spiro atoms. The molecule has 0 unspecified atom stereocenters. The number of hydrogen-bond acceptors (Lipinski definition) is 3. The molecule has 1 fully saturated rings. The Hall–Kier alpha value is -1.05. The summed E-state index contributed by atoms with van der Waals surface area (Å²) in [6.07, 6.45) is 1.03. The van der Waals surface area contributed by atoms with Crippen molar-refractivity contribution in [3.63, 3.8) is 0 Å². The van der Waals surface area contributed by atoms with E-state index in [1.807, 2.05) is 0 Å². The summed E-state index contributed by atoms with van der Waals surface area (Å²) in [5.41, 5.74) is -0.323. The van der Waals surface area contributed by atoms with Crippen molar-refractivity contribution in [2.24, 2.45) is 0 Å². The molecule has 4 nitrogen and oxygen atoms in total. The van der Waals surface area contributed by atoms with Crippen LogP contribution in [0.5, 0.6) is 0 Å². The molecule has 1 heterocycles. The van der Waals surface area contributed by atoms with Gasteiger partial charge in [-0.25, -0.2) is 4.68 Å². The molecule has 0 radical (unpaired) electrons. The highest BCUT2D eigenvalue weighted by molar-refractivity contribution is 9.10. The van der Waals surface area contributed by atoms with Crippen molar-refractivity contribution in [1.29, 1.82) is 0 Å². The number of nitrogens with one attached hydrogen (secondary N) is 1. The molecule has 8 heteroatoms. The predicted molar refractivity (Wildman–Crippen MR) is 68.1 cm³/mol. The third kappa shape index (κ3) is 3.71. The van der Waals surface area contributed by atoms with Crippen LogP contribution in [0.4, 0.5) is 18.9 Å². The standard InChI is InChI=1S/C11H13BrF3N3O/c12-9-8(17-7-3-1-2-4-7)5-16-18(10(9)19)6-11(13,14)15/h5,7,17H,1-4,6H2. The molecular weight excluding hydrogens is 327 g/mol. The normalized spacial score (nSPS) is 16.8. The van der Waals surface area contributed by atoms with Gasteiger partial charge in [0.15, 0.2) is 0 Å². The summed E-state index contributed by atoms with van der Waals surface area (Å²) in [4.78, 5) is 11.8. The Balaban J connectivity index is 2.19. The number of halogens is 4. The molecule has 1 aromatic rings. The molecule has 1 saturated carbocycles. The highest BCUT2D eigenvalue weighted by Crippen LogP contribution is 2.25. The minimum atomic E-state index is -4.46. The monoisotopic (exact) mass is 339 g/mol. The fraction of sp³-hybridized carbons (Fsp3) is 0.636. The number of alkyl halides is 3. The minimum Gasteiger partial charge on any atom is -0.380 e. The van der Waals surface area contributed by atoms with E-state index in [1.54, 1.807) is 0 Å². The average Bonchev–Trinajstić information content (AvgIpc) is 2.80. The van der Waals surface area contributed by atoms with Gasteiger partial charge in [-0.3, -0.25) is 4.79 Å². The largest absolute Gasteiger partial charge is 0.408 e. The first-order chi connectivity index (χ1) is 8.87. The Bertz CT molecular complexity index is 509. The van der Waals surface area contributed by atoms with Crippen LogP contribution in [0, 0.1) is 0 Å². The molecule has 1 aliphatic carbocycles. The summed E-state index contributed by atoms with van der Waals surface area (Å²) in [7, 11) is 0. The minimum absolute atomic E-state index is 0.0960. The van der Waals surface area contributed by atoms with Crippen molar-refractivity contribution in [1.82, 2.24) is 9.78 Å². The SMILES string of the molecule is O=c1c(Br)c(NC2CCCC2)cnn1CC(F)(F)F. The quantitative estimate of drug-likeness (QED) is 0.920. The number of hydrogen-bond donors (Lipinski definition) is 1. The number of aromatic nitrogens is 2. The third-order valence-corrected chi connectivity index (χ3v) is 3.80. The summed E-state index contributed by atoms with van der Waals surface area (Å²) in [6.45, 7) is -1.38. The van der Waals surface area contributed by atoms with E-state index in [0.29, 0.717) is 10.4 Å². The second-order valence-electron chi connectivity index (χ2n) is 4.58. The Kier molecular flexibility index (Phi) is 4.17. The van der Waals surface area contributed by atoms with Crippen LogP contribution in [0.1, 0.15) is 25.7 Å². The van der Waals surface area contributed by atoms with E-state index in [9.17, 15) is 18.0 Å². The maximum Gasteiger partial charge on any atom is 0.408 e. The smallest absolute Gasteiger partial charge is 0.380 e. The summed E-state index contributed by atoms with van der Waals surface area (Å²) in [5, 5.41) is 6.69. The van der Waals surface area contributed by atoms with Crippen molar-refractivity contribution in [3.05, 3.63) is 21.0 Å². The van der Waals surface area contributed by atoms with Crippen molar-refractivity contribution in [3.8, 4) is 0 Å². The zero-order chi connectivity index (χ0) is 14.0. The molecule has 106 valence electrons. The van der Waals surface area contributed by atoms with Crippen LogP contribution < -0.4 is 10.9 Å². The summed E-state index contributed by atoms with van der Waals surface area (Å²) >= 11 is 3.04. The fourth-order valence-corrected chi connectivity index (χ4v) is 2.56. The second-order valence-corrected chi connectivity index (χ2v) is 5.37. The molecule has 19 heavy (non-hydrogen) atoms. The Morgan fingerprint density at radius 2 is 2.05 bits per heavy atom. The van der Waals surface area contributed by atoms with Crippen LogP contribution in [-0.4, -0.2) is 22.0 Å². The lowest BCUT2D eigenvalue weighted by Crippen LogP contribution is -2.31. The topological polar surface area (TPSA) is 46.9 Å². The lowest BCUT2D eigenvalue weighted by molar-refractivity contribution is -0.143. The van der Waals surface area contributed by atoms with E-state index in [4.69, 9.17) is 0 Å². The highest BCUT2D eigenvalue weighted by Gasteiger charge is 2.29. The van der Waals surface area contributed by atoms with Gasteiger partial charge >= 0.3 is 6.18 Å². The van der Waals surface area contributed by atoms with Crippen LogP contribution >= 0.6 is 15.9 Å². The lowest BCUT2D eigenvalue weighted by atomic mass is 10.2. The number of nitrogens with zero attached hydrogens (tertiary/aromatic N) is 2. The van der Waals surface area contributed by atoms with Crippen molar-refractivity contribution >= 4 is 21.6 Å². The van der Waals surface area contributed by atoms with E-state index in [1.165, 1.54) is 6.20 Å². The first-order valence-electron chi connectivity index (χ1n) is 5.96. The van der Waals surface area contributed by atoms with Gasteiger partial charge in [0.25, 0.3) is 5.56 Å².